The van der Waals surface area contributed by atoms with Gasteiger partial charge in [-0.05, 0) is 61.2 Å². The Bertz CT molecular complexity index is 787. The molecule has 1 fully saturated rings. The van der Waals surface area contributed by atoms with Crippen LogP contribution in [-0.4, -0.2) is 36.5 Å². The lowest BCUT2D eigenvalue weighted by Crippen LogP contribution is -2.41. The van der Waals surface area contributed by atoms with E-state index in [1.807, 2.05) is 17.5 Å². The Morgan fingerprint density at radius 2 is 2.04 bits per heavy atom. The number of amides is 3. The quantitative estimate of drug-likeness (QED) is 0.803. The highest BCUT2D eigenvalue weighted by Crippen LogP contribution is 2.21. The zero-order chi connectivity index (χ0) is 19.2. The Morgan fingerprint density at radius 3 is 2.70 bits per heavy atom. The zero-order valence-corrected chi connectivity index (χ0v) is 16.2. The van der Waals surface area contributed by atoms with E-state index >= 15 is 0 Å². The molecule has 1 aromatic carbocycles. The van der Waals surface area contributed by atoms with Crippen molar-refractivity contribution in [3.05, 3.63) is 52.0 Å². The maximum Gasteiger partial charge on any atom is 0.321 e. The number of likely N-dealkylation sites (tertiary alicyclic amines) is 1. The first-order valence-corrected chi connectivity index (χ1v) is 10.0. The first-order chi connectivity index (χ1) is 13.0. The number of rotatable bonds is 5. The van der Waals surface area contributed by atoms with Crippen LogP contribution >= 0.6 is 11.3 Å². The first kappa shape index (κ1) is 19.4. The minimum Gasteiger partial charge on any atom is -0.351 e. The predicted molar refractivity (Wildman–Crippen MR) is 106 cm³/mol. The Kier molecular flexibility index (Phi) is 6.45. The highest BCUT2D eigenvalue weighted by Gasteiger charge is 2.23. The van der Waals surface area contributed by atoms with Gasteiger partial charge in [0.15, 0.2) is 0 Å². The maximum atomic E-state index is 13.6. The number of hydrogen-bond acceptors (Lipinski definition) is 3. The molecule has 1 aromatic heterocycles. The average Bonchev–Trinajstić information content (AvgIpc) is 3.20. The number of halogens is 1. The number of nitrogens with one attached hydrogen (secondary N) is 2. The van der Waals surface area contributed by atoms with Crippen molar-refractivity contribution in [1.82, 2.24) is 10.2 Å². The second kappa shape index (κ2) is 8.99. The average molecular weight is 389 g/mol. The van der Waals surface area contributed by atoms with E-state index < -0.39 is 0 Å². The Balaban J connectivity index is 1.38. The number of anilines is 1. The van der Waals surface area contributed by atoms with E-state index in [1.54, 1.807) is 24.0 Å². The van der Waals surface area contributed by atoms with E-state index in [-0.39, 0.29) is 17.8 Å². The molecule has 1 aliphatic heterocycles. The molecular formula is C20H24FN3O2S. The van der Waals surface area contributed by atoms with Crippen molar-refractivity contribution in [3.8, 4) is 0 Å². The van der Waals surface area contributed by atoms with Gasteiger partial charge in [-0.15, -0.1) is 11.3 Å². The van der Waals surface area contributed by atoms with Crippen LogP contribution in [0.4, 0.5) is 14.9 Å². The van der Waals surface area contributed by atoms with Gasteiger partial charge in [0.2, 0.25) is 0 Å². The molecule has 0 saturated carbocycles. The van der Waals surface area contributed by atoms with Crippen molar-refractivity contribution in [2.24, 2.45) is 5.92 Å². The van der Waals surface area contributed by atoms with Crippen molar-refractivity contribution in [2.45, 2.75) is 26.2 Å². The molecule has 2 N–H and O–H groups in total. The fourth-order valence-electron chi connectivity index (χ4n) is 3.18. The van der Waals surface area contributed by atoms with Gasteiger partial charge in [0.05, 0.1) is 4.88 Å². The Hall–Kier alpha value is -2.41. The lowest BCUT2D eigenvalue weighted by atomic mass is 9.94. The van der Waals surface area contributed by atoms with Crippen LogP contribution < -0.4 is 10.6 Å². The smallest absolute Gasteiger partial charge is 0.321 e. The highest BCUT2D eigenvalue weighted by atomic mass is 32.1. The summed E-state index contributed by atoms with van der Waals surface area (Å²) in [7, 11) is 0. The van der Waals surface area contributed by atoms with E-state index in [9.17, 15) is 14.0 Å². The molecule has 0 spiro atoms. The molecule has 1 saturated heterocycles. The normalized spacial score (nSPS) is 14.8. The maximum absolute atomic E-state index is 13.6. The number of thiophene rings is 1. The molecule has 2 heterocycles. The summed E-state index contributed by atoms with van der Waals surface area (Å²) in [6, 6.07) is 8.20. The van der Waals surface area contributed by atoms with Gasteiger partial charge in [0, 0.05) is 25.3 Å². The lowest BCUT2D eigenvalue weighted by Gasteiger charge is -2.32. The summed E-state index contributed by atoms with van der Waals surface area (Å²) in [6.45, 7) is 3.68. The van der Waals surface area contributed by atoms with Gasteiger partial charge < -0.3 is 15.5 Å². The summed E-state index contributed by atoms with van der Waals surface area (Å²) in [6.07, 6.45) is 2.73. The summed E-state index contributed by atoms with van der Waals surface area (Å²) in [4.78, 5) is 26.8. The van der Waals surface area contributed by atoms with Gasteiger partial charge >= 0.3 is 6.03 Å². The van der Waals surface area contributed by atoms with Gasteiger partial charge in [-0.1, -0.05) is 12.1 Å². The molecule has 0 radical (unpaired) electrons. The number of aryl methyl sites for hydroxylation is 1. The Labute approximate surface area is 162 Å². The number of hydrogen-bond donors (Lipinski definition) is 2. The van der Waals surface area contributed by atoms with E-state index in [1.165, 1.54) is 17.4 Å². The molecule has 5 nitrogen and oxygen atoms in total. The summed E-state index contributed by atoms with van der Waals surface area (Å²) in [5, 5.41) is 7.60. The molecular weight excluding hydrogens is 365 g/mol. The topological polar surface area (TPSA) is 61.4 Å². The summed E-state index contributed by atoms with van der Waals surface area (Å²) in [5.41, 5.74) is 1.03. The van der Waals surface area contributed by atoms with Crippen LogP contribution in [0.25, 0.3) is 0 Å². The van der Waals surface area contributed by atoms with Gasteiger partial charge in [0.25, 0.3) is 5.91 Å². The predicted octanol–water partition coefficient (Wildman–Crippen LogP) is 4.26. The van der Waals surface area contributed by atoms with Crippen molar-refractivity contribution >= 4 is 29.0 Å². The van der Waals surface area contributed by atoms with Crippen LogP contribution in [0.5, 0.6) is 0 Å². The third-order valence-electron chi connectivity index (χ3n) is 4.91. The zero-order valence-electron chi connectivity index (χ0n) is 15.3. The van der Waals surface area contributed by atoms with Gasteiger partial charge in [-0.2, -0.15) is 0 Å². The minimum absolute atomic E-state index is 0.0212. The standard InChI is InChI=1S/C20H24FN3O2S/c1-14-4-5-16(13-17(14)21)23-20(26)24-10-7-15(8-11-24)6-9-22-19(25)18-3-2-12-27-18/h2-5,12-13,15H,6-11H2,1H3,(H,22,25)(H,23,26). The number of benzene rings is 1. The number of carbonyl (C=O) groups excluding carboxylic acids is 2. The monoisotopic (exact) mass is 389 g/mol. The SMILES string of the molecule is Cc1ccc(NC(=O)N2CCC(CCNC(=O)c3cccs3)CC2)cc1F. The van der Waals surface area contributed by atoms with Gasteiger partial charge in [-0.25, -0.2) is 9.18 Å². The highest BCUT2D eigenvalue weighted by molar-refractivity contribution is 7.12. The molecule has 2 aromatic rings. The largest absolute Gasteiger partial charge is 0.351 e. The van der Waals surface area contributed by atoms with Gasteiger partial charge in [0.1, 0.15) is 5.82 Å². The lowest BCUT2D eigenvalue weighted by molar-refractivity contribution is 0.0953. The van der Waals surface area contributed by atoms with E-state index in [2.05, 4.69) is 10.6 Å². The molecule has 0 bridgehead atoms. The fourth-order valence-corrected chi connectivity index (χ4v) is 3.82. The van der Waals surface area contributed by atoms with Crippen molar-refractivity contribution in [1.29, 1.82) is 0 Å². The van der Waals surface area contributed by atoms with E-state index in [0.29, 0.717) is 36.8 Å². The van der Waals surface area contributed by atoms with Crippen LogP contribution in [0.3, 0.4) is 0 Å². The molecule has 0 unspecified atom stereocenters. The molecule has 27 heavy (non-hydrogen) atoms. The van der Waals surface area contributed by atoms with Crippen molar-refractivity contribution in [3.63, 3.8) is 0 Å². The number of nitrogens with zero attached hydrogens (tertiary/aromatic N) is 1. The van der Waals surface area contributed by atoms with Crippen LogP contribution in [0.2, 0.25) is 0 Å². The third kappa shape index (κ3) is 5.29. The molecule has 144 valence electrons. The summed E-state index contributed by atoms with van der Waals surface area (Å²) >= 11 is 1.44. The Morgan fingerprint density at radius 1 is 1.26 bits per heavy atom. The van der Waals surface area contributed by atoms with Crippen molar-refractivity contribution < 1.29 is 14.0 Å². The molecule has 0 aliphatic carbocycles. The van der Waals surface area contributed by atoms with Crippen LogP contribution in [0, 0.1) is 18.7 Å². The molecule has 7 heteroatoms. The molecule has 0 atom stereocenters. The second-order valence-electron chi connectivity index (χ2n) is 6.85. The fraction of sp³-hybridized carbons (Fsp3) is 0.400. The van der Waals surface area contributed by atoms with Crippen LogP contribution in [0.1, 0.15) is 34.5 Å². The molecule has 3 amide bonds. The molecule has 1 aliphatic rings. The summed E-state index contributed by atoms with van der Waals surface area (Å²) < 4.78 is 13.6. The van der Waals surface area contributed by atoms with E-state index in [0.717, 1.165) is 24.1 Å². The second-order valence-corrected chi connectivity index (χ2v) is 7.79. The van der Waals surface area contributed by atoms with Crippen LogP contribution in [-0.2, 0) is 0 Å². The number of urea groups is 1. The first-order valence-electron chi connectivity index (χ1n) is 9.16. The summed E-state index contributed by atoms with van der Waals surface area (Å²) in [5.74, 6) is 0.151. The van der Waals surface area contributed by atoms with E-state index in [4.69, 9.17) is 0 Å². The molecule has 3 rings (SSSR count). The number of piperidine rings is 1. The van der Waals surface area contributed by atoms with Crippen LogP contribution in [0.15, 0.2) is 35.7 Å². The minimum atomic E-state index is -0.323. The van der Waals surface area contributed by atoms with Crippen molar-refractivity contribution in [2.75, 3.05) is 25.0 Å². The van der Waals surface area contributed by atoms with Gasteiger partial charge in [-0.3, -0.25) is 4.79 Å². The number of carbonyl (C=O) groups is 2. The third-order valence-corrected chi connectivity index (χ3v) is 5.78.